The van der Waals surface area contributed by atoms with Gasteiger partial charge in [0.05, 0.1) is 16.6 Å². The lowest BCUT2D eigenvalue weighted by Crippen LogP contribution is -2.12. The lowest BCUT2D eigenvalue weighted by molar-refractivity contribution is 1.26. The number of pyridine rings is 2. The van der Waals surface area contributed by atoms with Gasteiger partial charge in [0.2, 0.25) is 0 Å². The maximum Gasteiger partial charge on any atom is 0.0978 e. The zero-order valence-electron chi connectivity index (χ0n) is 37.0. The molecule has 2 aromatic heterocycles. The smallest absolute Gasteiger partial charge is 0.0978 e. The van der Waals surface area contributed by atoms with Crippen molar-refractivity contribution < 1.29 is 0 Å². The van der Waals surface area contributed by atoms with Gasteiger partial charge in [-0.15, -0.1) is 0 Å². The Morgan fingerprint density at radius 2 is 0.706 bits per heavy atom. The average molecular weight is 867 g/mol. The van der Waals surface area contributed by atoms with Gasteiger partial charge in [-0.25, -0.2) is 4.98 Å². The number of hydrogen-bond donors (Lipinski definition) is 0. The summed E-state index contributed by atoms with van der Waals surface area (Å²) < 4.78 is 0. The zero-order chi connectivity index (χ0) is 45.0. The highest BCUT2D eigenvalue weighted by molar-refractivity contribution is 6.28. The third kappa shape index (κ3) is 6.61. The highest BCUT2D eigenvalue weighted by Gasteiger charge is 2.22. The predicted octanol–water partition coefficient (Wildman–Crippen LogP) is 17.7. The first-order valence-corrected chi connectivity index (χ1v) is 23.1. The van der Waals surface area contributed by atoms with Gasteiger partial charge in [0.15, 0.2) is 0 Å². The fraction of sp³-hybridized carbons (Fsp3) is 0. The molecule has 318 valence electrons. The summed E-state index contributed by atoms with van der Waals surface area (Å²) in [6.07, 6.45) is 1.87. The minimum Gasteiger partial charge on any atom is -0.311 e. The first-order chi connectivity index (χ1) is 33.7. The molecule has 0 fully saturated rings. The number of aromatic nitrogens is 2. The average Bonchev–Trinajstić information content (AvgIpc) is 3.41. The van der Waals surface area contributed by atoms with E-state index in [0.29, 0.717) is 0 Å². The molecular formula is C64H42N4. The van der Waals surface area contributed by atoms with Gasteiger partial charge in [0.25, 0.3) is 0 Å². The molecule has 0 atom stereocenters. The molecule has 68 heavy (non-hydrogen) atoms. The SMILES string of the molecule is c1ccc(N(c2ccccc2)c2ccc(N(c3ccc(-c4c5ccccc5c(-c5c6ccccc6nc6c5ccc5cccnc56)c5ccccc45)cc3)c3ccc4ccccc4c3)cc2)cc1. The van der Waals surface area contributed by atoms with E-state index in [1.807, 2.05) is 12.3 Å². The molecular weight excluding hydrogens is 825 g/mol. The topological polar surface area (TPSA) is 32.3 Å². The van der Waals surface area contributed by atoms with Crippen molar-refractivity contribution in [2.24, 2.45) is 0 Å². The quantitative estimate of drug-likeness (QED) is 0.112. The number of benzene rings is 11. The Kier molecular flexibility index (Phi) is 9.47. The van der Waals surface area contributed by atoms with Gasteiger partial charge >= 0.3 is 0 Å². The Morgan fingerprint density at radius 1 is 0.265 bits per heavy atom. The summed E-state index contributed by atoms with van der Waals surface area (Å²) in [4.78, 5) is 14.8. The molecule has 0 radical (unpaired) electrons. The normalized spacial score (nSPS) is 11.5. The molecule has 4 nitrogen and oxygen atoms in total. The number of rotatable bonds is 8. The van der Waals surface area contributed by atoms with Crippen molar-refractivity contribution in [3.05, 3.63) is 255 Å². The summed E-state index contributed by atoms with van der Waals surface area (Å²) in [6.45, 7) is 0. The van der Waals surface area contributed by atoms with Crippen molar-refractivity contribution in [1.82, 2.24) is 9.97 Å². The zero-order valence-corrected chi connectivity index (χ0v) is 37.0. The third-order valence-electron chi connectivity index (χ3n) is 13.4. The van der Waals surface area contributed by atoms with Crippen molar-refractivity contribution in [1.29, 1.82) is 0 Å². The van der Waals surface area contributed by atoms with Gasteiger partial charge in [-0.1, -0.05) is 164 Å². The van der Waals surface area contributed by atoms with Crippen LogP contribution in [0.4, 0.5) is 34.1 Å². The van der Waals surface area contributed by atoms with Gasteiger partial charge < -0.3 is 9.80 Å². The van der Waals surface area contributed by atoms with Crippen molar-refractivity contribution in [3.8, 4) is 22.3 Å². The van der Waals surface area contributed by atoms with E-state index in [4.69, 9.17) is 9.97 Å². The summed E-state index contributed by atoms with van der Waals surface area (Å²) in [5, 5.41) is 10.5. The molecule has 0 unspecified atom stereocenters. The molecule has 0 aliphatic rings. The van der Waals surface area contributed by atoms with Crippen LogP contribution < -0.4 is 9.80 Å². The Labute approximate surface area is 394 Å². The van der Waals surface area contributed by atoms with Crippen molar-refractivity contribution in [2.45, 2.75) is 0 Å². The molecule has 4 heteroatoms. The summed E-state index contributed by atoms with van der Waals surface area (Å²) in [7, 11) is 0. The molecule has 0 saturated heterocycles. The molecule has 0 spiro atoms. The molecule has 11 aromatic carbocycles. The van der Waals surface area contributed by atoms with E-state index in [2.05, 4.69) is 252 Å². The molecule has 0 amide bonds. The predicted molar refractivity (Wildman–Crippen MR) is 287 cm³/mol. The number of hydrogen-bond acceptors (Lipinski definition) is 4. The molecule has 0 aliphatic heterocycles. The Balaban J connectivity index is 0.976. The molecule has 0 saturated carbocycles. The van der Waals surface area contributed by atoms with E-state index in [1.54, 1.807) is 0 Å². The van der Waals surface area contributed by atoms with Crippen molar-refractivity contribution >= 4 is 99.2 Å². The van der Waals surface area contributed by atoms with Crippen molar-refractivity contribution in [3.63, 3.8) is 0 Å². The van der Waals surface area contributed by atoms with Crippen LogP contribution in [0.15, 0.2) is 255 Å². The van der Waals surface area contributed by atoms with Crippen LogP contribution in [-0.4, -0.2) is 9.97 Å². The van der Waals surface area contributed by atoms with Crippen LogP contribution in [0.25, 0.3) is 87.3 Å². The highest BCUT2D eigenvalue weighted by atomic mass is 15.2. The minimum atomic E-state index is 0.914. The fourth-order valence-corrected chi connectivity index (χ4v) is 10.4. The van der Waals surface area contributed by atoms with E-state index in [9.17, 15) is 0 Å². The van der Waals surface area contributed by atoms with Crippen LogP contribution in [0.2, 0.25) is 0 Å². The largest absolute Gasteiger partial charge is 0.311 e. The van der Waals surface area contributed by atoms with Crippen LogP contribution in [0.3, 0.4) is 0 Å². The van der Waals surface area contributed by atoms with E-state index in [-0.39, 0.29) is 0 Å². The third-order valence-corrected chi connectivity index (χ3v) is 13.4. The summed E-state index contributed by atoms with van der Waals surface area (Å²) in [6, 6.07) is 89.4. The van der Waals surface area contributed by atoms with E-state index >= 15 is 0 Å². The van der Waals surface area contributed by atoms with Crippen LogP contribution in [0.1, 0.15) is 0 Å². The molecule has 0 N–H and O–H groups in total. The molecule has 13 aromatic rings. The second-order valence-corrected chi connectivity index (χ2v) is 17.3. The van der Waals surface area contributed by atoms with Gasteiger partial charge in [0, 0.05) is 62.0 Å². The standard InChI is InChI=1S/C64H42N4/c1-3-19-47(20-4-1)67(48-21-5-2-6-22-48)50-36-38-51(39-37-50)68(52-35-29-43-16-7-8-17-46(43)42-52)49-33-30-44(31-34-49)60-53-23-9-11-25-55(53)61(56-26-12-10-24-54(56)60)62-57-27-13-14-28-59(57)66-64-58(62)40-32-45-18-15-41-65-63(45)64/h1-42H. The molecule has 0 bridgehead atoms. The second kappa shape index (κ2) is 16.4. The fourth-order valence-electron chi connectivity index (χ4n) is 10.4. The van der Waals surface area contributed by atoms with E-state index < -0.39 is 0 Å². The van der Waals surface area contributed by atoms with Gasteiger partial charge in [-0.2, -0.15) is 0 Å². The summed E-state index contributed by atoms with van der Waals surface area (Å²) in [5.41, 5.74) is 14.1. The molecule has 0 aliphatic carbocycles. The lowest BCUT2D eigenvalue weighted by Gasteiger charge is -2.28. The van der Waals surface area contributed by atoms with E-state index in [1.165, 1.54) is 49.0 Å². The summed E-state index contributed by atoms with van der Waals surface area (Å²) in [5.74, 6) is 0. The monoisotopic (exact) mass is 866 g/mol. The molecule has 13 rings (SSSR count). The van der Waals surface area contributed by atoms with Gasteiger partial charge in [-0.05, 0) is 134 Å². The number of para-hydroxylation sites is 3. The lowest BCUT2D eigenvalue weighted by atomic mass is 9.84. The maximum atomic E-state index is 5.27. The first kappa shape index (κ1) is 39.3. The first-order valence-electron chi connectivity index (χ1n) is 23.1. The van der Waals surface area contributed by atoms with Gasteiger partial charge in [0.1, 0.15) is 0 Å². The second-order valence-electron chi connectivity index (χ2n) is 17.3. The number of fused-ring (bicyclic) bond motifs is 7. The Bertz CT molecular complexity index is 3920. The summed E-state index contributed by atoms with van der Waals surface area (Å²) >= 11 is 0. The van der Waals surface area contributed by atoms with Crippen LogP contribution in [-0.2, 0) is 0 Å². The van der Waals surface area contributed by atoms with Crippen LogP contribution >= 0.6 is 0 Å². The van der Waals surface area contributed by atoms with E-state index in [0.717, 1.165) is 72.4 Å². The van der Waals surface area contributed by atoms with Gasteiger partial charge in [-0.3, -0.25) is 4.98 Å². The maximum absolute atomic E-state index is 5.27. The molecule has 2 heterocycles. The minimum absolute atomic E-state index is 0.914. The van der Waals surface area contributed by atoms with Crippen LogP contribution in [0.5, 0.6) is 0 Å². The highest BCUT2D eigenvalue weighted by Crippen LogP contribution is 2.48. The van der Waals surface area contributed by atoms with Crippen molar-refractivity contribution in [2.75, 3.05) is 9.80 Å². The number of anilines is 6. The van der Waals surface area contributed by atoms with Crippen LogP contribution in [0, 0.1) is 0 Å². The Hall–Kier alpha value is -9.12. The Morgan fingerprint density at radius 3 is 1.34 bits per heavy atom. The number of nitrogens with zero attached hydrogens (tertiary/aromatic N) is 4.